The van der Waals surface area contributed by atoms with Crippen LogP contribution >= 0.6 is 0 Å². The molecule has 29 heavy (non-hydrogen) atoms. The Labute approximate surface area is 167 Å². The van der Waals surface area contributed by atoms with Crippen LogP contribution in [0.25, 0.3) is 22.7 Å². The molecule has 1 atom stereocenters. The molecule has 0 aliphatic carbocycles. The number of carbonyl (C=O) groups excluding carboxylic acids is 1. The molecule has 1 unspecified atom stereocenters. The van der Waals surface area contributed by atoms with Gasteiger partial charge in [0.1, 0.15) is 6.04 Å². The van der Waals surface area contributed by atoms with Crippen LogP contribution < -0.4 is 5.32 Å². The normalized spacial score (nSPS) is 12.1. The summed E-state index contributed by atoms with van der Waals surface area (Å²) in [6.45, 7) is 3.94. The van der Waals surface area contributed by atoms with Gasteiger partial charge in [-0.3, -0.25) is 4.79 Å². The van der Waals surface area contributed by atoms with Crippen LogP contribution in [0.4, 0.5) is 0 Å². The minimum atomic E-state index is -0.454. The standard InChI is InChI=1S/C22H20N4O3/c1-14(2)19(22-24-20(26-29-22)16-11-7-4-8-12-16)23-21(27)17-13-18(28-25-17)15-9-5-3-6-10-15/h3-14,19H,1-2H3,(H,23,27). The number of aromatic nitrogens is 3. The Morgan fingerprint density at radius 2 is 1.55 bits per heavy atom. The van der Waals surface area contributed by atoms with Gasteiger partial charge in [-0.1, -0.05) is 84.8 Å². The van der Waals surface area contributed by atoms with Gasteiger partial charge in [-0.15, -0.1) is 0 Å². The van der Waals surface area contributed by atoms with Crippen molar-refractivity contribution < 1.29 is 13.8 Å². The van der Waals surface area contributed by atoms with Gasteiger partial charge >= 0.3 is 0 Å². The van der Waals surface area contributed by atoms with Crippen molar-refractivity contribution in [1.29, 1.82) is 0 Å². The molecule has 0 fully saturated rings. The summed E-state index contributed by atoms with van der Waals surface area (Å²) in [6.07, 6.45) is 0. The highest BCUT2D eigenvalue weighted by Gasteiger charge is 2.26. The molecule has 0 aliphatic heterocycles. The van der Waals surface area contributed by atoms with Crippen molar-refractivity contribution in [2.75, 3.05) is 0 Å². The largest absolute Gasteiger partial charge is 0.355 e. The van der Waals surface area contributed by atoms with E-state index in [0.717, 1.165) is 11.1 Å². The molecule has 1 N–H and O–H groups in total. The summed E-state index contributed by atoms with van der Waals surface area (Å²) in [5.74, 6) is 1.02. The smallest absolute Gasteiger partial charge is 0.274 e. The van der Waals surface area contributed by atoms with Crippen LogP contribution in [0.15, 0.2) is 75.8 Å². The third-order valence-corrected chi connectivity index (χ3v) is 4.49. The second-order valence-corrected chi connectivity index (χ2v) is 6.96. The SMILES string of the molecule is CC(C)C(NC(=O)c1cc(-c2ccccc2)on1)c1nc(-c2ccccc2)no1. The molecule has 4 rings (SSSR count). The monoisotopic (exact) mass is 388 g/mol. The van der Waals surface area contributed by atoms with E-state index in [-0.39, 0.29) is 17.5 Å². The van der Waals surface area contributed by atoms with E-state index in [1.165, 1.54) is 0 Å². The van der Waals surface area contributed by atoms with E-state index in [1.807, 2.05) is 74.5 Å². The molecule has 2 heterocycles. The molecule has 0 saturated carbocycles. The Morgan fingerprint density at radius 1 is 0.897 bits per heavy atom. The van der Waals surface area contributed by atoms with Gasteiger partial charge < -0.3 is 14.4 Å². The third-order valence-electron chi connectivity index (χ3n) is 4.49. The van der Waals surface area contributed by atoms with Crippen molar-refractivity contribution >= 4 is 5.91 Å². The van der Waals surface area contributed by atoms with Crippen molar-refractivity contribution in [3.05, 3.63) is 78.3 Å². The molecule has 146 valence electrons. The molecule has 1 amide bonds. The Bertz CT molecular complexity index is 1090. The predicted octanol–water partition coefficient (Wildman–Crippen LogP) is 4.52. The van der Waals surface area contributed by atoms with Gasteiger partial charge in [0.05, 0.1) is 0 Å². The Balaban J connectivity index is 1.53. The Hall–Kier alpha value is -3.74. The van der Waals surface area contributed by atoms with Gasteiger partial charge in [0.2, 0.25) is 11.7 Å². The number of hydrogen-bond donors (Lipinski definition) is 1. The fourth-order valence-electron chi connectivity index (χ4n) is 2.92. The number of carbonyl (C=O) groups is 1. The van der Waals surface area contributed by atoms with Crippen molar-refractivity contribution in [2.45, 2.75) is 19.9 Å². The summed E-state index contributed by atoms with van der Waals surface area (Å²) in [4.78, 5) is 17.2. The van der Waals surface area contributed by atoms with E-state index >= 15 is 0 Å². The lowest BCUT2D eigenvalue weighted by atomic mass is 10.0. The van der Waals surface area contributed by atoms with Gasteiger partial charge in [0.15, 0.2) is 11.5 Å². The maximum absolute atomic E-state index is 12.7. The predicted molar refractivity (Wildman–Crippen MR) is 107 cm³/mol. The minimum Gasteiger partial charge on any atom is -0.355 e. The second-order valence-electron chi connectivity index (χ2n) is 6.96. The molecule has 2 aromatic heterocycles. The van der Waals surface area contributed by atoms with E-state index in [9.17, 15) is 4.79 Å². The maximum atomic E-state index is 12.7. The Kier molecular flexibility index (Phi) is 5.20. The van der Waals surface area contributed by atoms with Crippen LogP contribution in [0.1, 0.15) is 36.3 Å². The van der Waals surface area contributed by atoms with Gasteiger partial charge in [0.25, 0.3) is 5.91 Å². The lowest BCUT2D eigenvalue weighted by molar-refractivity contribution is 0.0904. The lowest BCUT2D eigenvalue weighted by Crippen LogP contribution is -2.32. The van der Waals surface area contributed by atoms with Crippen molar-refractivity contribution in [1.82, 2.24) is 20.6 Å². The van der Waals surface area contributed by atoms with Gasteiger partial charge in [0, 0.05) is 17.2 Å². The van der Waals surface area contributed by atoms with Crippen LogP contribution in [-0.2, 0) is 0 Å². The van der Waals surface area contributed by atoms with Crippen molar-refractivity contribution in [2.24, 2.45) is 5.92 Å². The number of amides is 1. The fourth-order valence-corrected chi connectivity index (χ4v) is 2.92. The highest BCUT2D eigenvalue weighted by atomic mass is 16.5. The Morgan fingerprint density at radius 3 is 2.21 bits per heavy atom. The molecule has 2 aromatic carbocycles. The molecule has 0 saturated heterocycles. The van der Waals surface area contributed by atoms with Crippen LogP contribution in [0, 0.1) is 5.92 Å². The van der Waals surface area contributed by atoms with Gasteiger partial charge in [-0.25, -0.2) is 0 Å². The summed E-state index contributed by atoms with van der Waals surface area (Å²) in [5, 5.41) is 10.9. The summed E-state index contributed by atoms with van der Waals surface area (Å²) in [7, 11) is 0. The van der Waals surface area contributed by atoms with Crippen LogP contribution in [0.5, 0.6) is 0 Å². The first-order valence-electron chi connectivity index (χ1n) is 9.34. The molecular weight excluding hydrogens is 368 g/mol. The number of hydrogen-bond acceptors (Lipinski definition) is 6. The van der Waals surface area contributed by atoms with Crippen LogP contribution in [0.2, 0.25) is 0 Å². The average Bonchev–Trinajstić information content (AvgIpc) is 3.43. The van der Waals surface area contributed by atoms with E-state index < -0.39 is 6.04 Å². The lowest BCUT2D eigenvalue weighted by Gasteiger charge is -2.17. The zero-order valence-electron chi connectivity index (χ0n) is 16.1. The molecule has 0 spiro atoms. The summed E-state index contributed by atoms with van der Waals surface area (Å²) in [6, 6.07) is 20.2. The van der Waals surface area contributed by atoms with Gasteiger partial charge in [-0.05, 0) is 5.92 Å². The molecule has 7 heteroatoms. The fraction of sp³-hybridized carbons (Fsp3) is 0.182. The molecular formula is C22H20N4O3. The molecule has 0 bridgehead atoms. The highest BCUT2D eigenvalue weighted by molar-refractivity contribution is 5.93. The van der Waals surface area contributed by atoms with E-state index in [4.69, 9.17) is 9.05 Å². The van der Waals surface area contributed by atoms with Gasteiger partial charge in [-0.2, -0.15) is 4.98 Å². The van der Waals surface area contributed by atoms with E-state index in [1.54, 1.807) is 6.07 Å². The molecule has 4 aromatic rings. The first-order valence-corrected chi connectivity index (χ1v) is 9.34. The van der Waals surface area contributed by atoms with E-state index in [0.29, 0.717) is 17.5 Å². The first kappa shape index (κ1) is 18.6. The quantitative estimate of drug-likeness (QED) is 0.522. The second kappa shape index (κ2) is 8.10. The molecule has 7 nitrogen and oxygen atoms in total. The van der Waals surface area contributed by atoms with E-state index in [2.05, 4.69) is 20.6 Å². The number of nitrogens with one attached hydrogen (secondary N) is 1. The zero-order valence-corrected chi connectivity index (χ0v) is 16.1. The maximum Gasteiger partial charge on any atom is 0.274 e. The molecule has 0 radical (unpaired) electrons. The highest BCUT2D eigenvalue weighted by Crippen LogP contribution is 2.25. The summed E-state index contributed by atoms with van der Waals surface area (Å²) in [5.41, 5.74) is 1.89. The summed E-state index contributed by atoms with van der Waals surface area (Å²) >= 11 is 0. The minimum absolute atomic E-state index is 0.0310. The van der Waals surface area contributed by atoms with Crippen LogP contribution in [-0.4, -0.2) is 21.2 Å². The van der Waals surface area contributed by atoms with Crippen molar-refractivity contribution in [3.8, 4) is 22.7 Å². The molecule has 0 aliphatic rings. The number of benzene rings is 2. The topological polar surface area (TPSA) is 94.1 Å². The third kappa shape index (κ3) is 4.08. The zero-order chi connectivity index (χ0) is 20.2. The van der Waals surface area contributed by atoms with Crippen molar-refractivity contribution in [3.63, 3.8) is 0 Å². The summed E-state index contributed by atoms with van der Waals surface area (Å²) < 4.78 is 10.8. The average molecular weight is 388 g/mol. The number of rotatable bonds is 6. The number of nitrogens with zero attached hydrogens (tertiary/aromatic N) is 3. The first-order chi connectivity index (χ1) is 14.1. The van der Waals surface area contributed by atoms with Crippen LogP contribution in [0.3, 0.4) is 0 Å².